The molecule has 9 heteroatoms. The maximum atomic E-state index is 13.0. The molecule has 142 valence electrons. The minimum absolute atomic E-state index is 0.0214. The van der Waals surface area contributed by atoms with E-state index in [1.807, 2.05) is 0 Å². The van der Waals surface area contributed by atoms with Gasteiger partial charge in [-0.15, -0.1) is 10.2 Å². The lowest BCUT2D eigenvalue weighted by Gasteiger charge is -2.30. The van der Waals surface area contributed by atoms with Gasteiger partial charge in [0.25, 0.3) is 5.89 Å². The van der Waals surface area contributed by atoms with Gasteiger partial charge in [-0.25, -0.2) is 8.42 Å². The molecule has 0 atom stereocenters. The molecule has 4 rings (SSSR count). The first-order chi connectivity index (χ1) is 12.9. The van der Waals surface area contributed by atoms with Crippen LogP contribution >= 0.6 is 11.6 Å². The average molecular weight is 408 g/mol. The van der Waals surface area contributed by atoms with Crippen molar-refractivity contribution in [2.45, 2.75) is 30.6 Å². The molecular weight excluding hydrogens is 390 g/mol. The fraction of sp³-hybridized carbons (Fsp3) is 0.333. The fourth-order valence-electron chi connectivity index (χ4n) is 3.23. The number of halogens is 1. The first-order valence-electron chi connectivity index (χ1n) is 8.59. The van der Waals surface area contributed by atoms with Gasteiger partial charge in [-0.05, 0) is 49.6 Å². The molecule has 3 heterocycles. The van der Waals surface area contributed by atoms with E-state index in [2.05, 4.69) is 10.2 Å². The van der Waals surface area contributed by atoms with Crippen molar-refractivity contribution in [3.63, 3.8) is 0 Å². The van der Waals surface area contributed by atoms with Crippen LogP contribution in [0.15, 0.2) is 50.3 Å². The maximum Gasteiger partial charge on any atom is 0.283 e. The highest BCUT2D eigenvalue weighted by atomic mass is 35.5. The fourth-order valence-corrected chi connectivity index (χ4v) is 5.19. The molecule has 0 bridgehead atoms. The number of hydrogen-bond acceptors (Lipinski definition) is 6. The van der Waals surface area contributed by atoms with Crippen LogP contribution in [0, 0.1) is 6.92 Å². The van der Waals surface area contributed by atoms with Crippen LogP contribution in [0.3, 0.4) is 0 Å². The monoisotopic (exact) mass is 407 g/mol. The standard InChI is InChI=1S/C18H18ClN3O4S/c1-12-4-5-14(19)11-16(12)27(23,24)22-8-6-13(7-9-22)17-20-21-18(26-17)15-3-2-10-25-15/h2-5,10-11,13H,6-9H2,1H3. The Morgan fingerprint density at radius 3 is 2.67 bits per heavy atom. The zero-order valence-corrected chi connectivity index (χ0v) is 16.2. The van der Waals surface area contributed by atoms with Crippen LogP contribution in [0.5, 0.6) is 0 Å². The molecule has 0 N–H and O–H groups in total. The second-order valence-electron chi connectivity index (χ2n) is 6.51. The number of aryl methyl sites for hydroxylation is 1. The molecule has 0 saturated carbocycles. The smallest absolute Gasteiger partial charge is 0.283 e. The zero-order valence-electron chi connectivity index (χ0n) is 14.6. The summed E-state index contributed by atoms with van der Waals surface area (Å²) in [7, 11) is -3.58. The number of benzene rings is 1. The van der Waals surface area contributed by atoms with E-state index in [0.717, 1.165) is 0 Å². The second-order valence-corrected chi connectivity index (χ2v) is 8.85. The van der Waals surface area contributed by atoms with Crippen molar-refractivity contribution in [1.29, 1.82) is 0 Å². The number of nitrogens with zero attached hydrogens (tertiary/aromatic N) is 3. The summed E-state index contributed by atoms with van der Waals surface area (Å²) in [5.74, 6) is 1.38. The Kier molecular flexibility index (Phi) is 4.79. The molecule has 1 aliphatic rings. The summed E-state index contributed by atoms with van der Waals surface area (Å²) in [6.07, 6.45) is 2.76. The predicted octanol–water partition coefficient (Wildman–Crippen LogP) is 3.86. The van der Waals surface area contributed by atoms with Gasteiger partial charge in [-0.2, -0.15) is 4.31 Å². The molecule has 0 unspecified atom stereocenters. The molecule has 7 nitrogen and oxygen atoms in total. The van der Waals surface area contributed by atoms with Crippen LogP contribution in [0.4, 0.5) is 0 Å². The van der Waals surface area contributed by atoms with E-state index in [0.29, 0.717) is 54.1 Å². The molecule has 1 saturated heterocycles. The minimum Gasteiger partial charge on any atom is -0.459 e. The van der Waals surface area contributed by atoms with Gasteiger partial charge in [0.2, 0.25) is 15.9 Å². The lowest BCUT2D eigenvalue weighted by Crippen LogP contribution is -2.38. The van der Waals surface area contributed by atoms with Gasteiger partial charge >= 0.3 is 0 Å². The van der Waals surface area contributed by atoms with Crippen LogP contribution in [0.1, 0.15) is 30.2 Å². The molecule has 1 fully saturated rings. The topological polar surface area (TPSA) is 89.4 Å². The molecule has 1 aliphatic heterocycles. The first kappa shape index (κ1) is 18.2. The quantitative estimate of drug-likeness (QED) is 0.652. The predicted molar refractivity (Wildman–Crippen MR) is 98.9 cm³/mol. The van der Waals surface area contributed by atoms with Gasteiger partial charge in [0.15, 0.2) is 5.76 Å². The highest BCUT2D eigenvalue weighted by Gasteiger charge is 2.33. The van der Waals surface area contributed by atoms with Gasteiger partial charge in [0.1, 0.15) is 0 Å². The van der Waals surface area contributed by atoms with Gasteiger partial charge in [-0.1, -0.05) is 17.7 Å². The van der Waals surface area contributed by atoms with Crippen molar-refractivity contribution in [2.75, 3.05) is 13.1 Å². The zero-order chi connectivity index (χ0) is 19.0. The Morgan fingerprint density at radius 1 is 1.19 bits per heavy atom. The van der Waals surface area contributed by atoms with Crippen molar-refractivity contribution in [3.05, 3.63) is 53.1 Å². The van der Waals surface area contributed by atoms with Crippen molar-refractivity contribution < 1.29 is 17.3 Å². The summed E-state index contributed by atoms with van der Waals surface area (Å²) in [4.78, 5) is 0.256. The van der Waals surface area contributed by atoms with E-state index in [-0.39, 0.29) is 10.8 Å². The lowest BCUT2D eigenvalue weighted by molar-refractivity contribution is 0.290. The van der Waals surface area contributed by atoms with Gasteiger partial charge in [0, 0.05) is 24.0 Å². The normalized spacial score (nSPS) is 16.7. The summed E-state index contributed by atoms with van der Waals surface area (Å²) in [6, 6.07) is 8.41. The number of aromatic nitrogens is 2. The van der Waals surface area contributed by atoms with E-state index in [1.165, 1.54) is 10.4 Å². The molecular formula is C18H18ClN3O4S. The number of hydrogen-bond donors (Lipinski definition) is 0. The largest absolute Gasteiger partial charge is 0.459 e. The third-order valence-corrected chi connectivity index (χ3v) is 7.02. The summed E-state index contributed by atoms with van der Waals surface area (Å²) < 4.78 is 38.4. The Bertz CT molecular complexity index is 1040. The first-order valence-corrected chi connectivity index (χ1v) is 10.4. The lowest BCUT2D eigenvalue weighted by atomic mass is 9.98. The minimum atomic E-state index is -3.58. The number of furan rings is 1. The van der Waals surface area contributed by atoms with E-state index in [1.54, 1.807) is 37.5 Å². The molecule has 1 aromatic carbocycles. The van der Waals surface area contributed by atoms with Gasteiger partial charge in [0.05, 0.1) is 11.2 Å². The van der Waals surface area contributed by atoms with Crippen molar-refractivity contribution >= 4 is 21.6 Å². The van der Waals surface area contributed by atoms with Crippen LogP contribution in [-0.4, -0.2) is 36.0 Å². The molecule has 3 aromatic rings. The number of rotatable bonds is 4. The van der Waals surface area contributed by atoms with Crippen LogP contribution in [0.25, 0.3) is 11.7 Å². The molecule has 0 amide bonds. The molecule has 27 heavy (non-hydrogen) atoms. The Hall–Kier alpha value is -2.16. The van der Waals surface area contributed by atoms with E-state index in [9.17, 15) is 8.42 Å². The van der Waals surface area contributed by atoms with Gasteiger partial charge in [-0.3, -0.25) is 0 Å². The van der Waals surface area contributed by atoms with Crippen molar-refractivity contribution in [1.82, 2.24) is 14.5 Å². The SMILES string of the molecule is Cc1ccc(Cl)cc1S(=O)(=O)N1CCC(c2nnc(-c3ccco3)o2)CC1. The van der Waals surface area contributed by atoms with E-state index < -0.39 is 10.0 Å². The van der Waals surface area contributed by atoms with Crippen LogP contribution in [0.2, 0.25) is 5.02 Å². The van der Waals surface area contributed by atoms with E-state index in [4.69, 9.17) is 20.4 Å². The summed E-state index contributed by atoms with van der Waals surface area (Å²) in [6.45, 7) is 2.54. The Labute approximate surface area is 162 Å². The van der Waals surface area contributed by atoms with Crippen LogP contribution in [-0.2, 0) is 10.0 Å². The summed E-state index contributed by atoms with van der Waals surface area (Å²) >= 11 is 5.99. The highest BCUT2D eigenvalue weighted by molar-refractivity contribution is 7.89. The average Bonchev–Trinajstić information content (AvgIpc) is 3.35. The van der Waals surface area contributed by atoms with E-state index >= 15 is 0 Å². The number of piperidine rings is 1. The Balaban J connectivity index is 1.48. The molecule has 0 radical (unpaired) electrons. The van der Waals surface area contributed by atoms with Gasteiger partial charge < -0.3 is 8.83 Å². The molecule has 2 aromatic heterocycles. The Morgan fingerprint density at radius 2 is 1.96 bits per heavy atom. The molecule has 0 spiro atoms. The van der Waals surface area contributed by atoms with Crippen molar-refractivity contribution in [3.8, 4) is 11.7 Å². The number of sulfonamides is 1. The highest BCUT2D eigenvalue weighted by Crippen LogP contribution is 2.32. The van der Waals surface area contributed by atoms with Crippen LogP contribution < -0.4 is 0 Å². The van der Waals surface area contributed by atoms with Crippen molar-refractivity contribution in [2.24, 2.45) is 0 Å². The molecule has 0 aliphatic carbocycles. The second kappa shape index (κ2) is 7.10. The maximum absolute atomic E-state index is 13.0. The summed E-state index contributed by atoms with van der Waals surface area (Å²) in [5, 5.41) is 8.53. The third kappa shape index (κ3) is 3.52. The third-order valence-electron chi connectivity index (χ3n) is 4.74. The summed E-state index contributed by atoms with van der Waals surface area (Å²) in [5.41, 5.74) is 0.682.